The minimum Gasteiger partial charge on any atom is -0.396 e. The van der Waals surface area contributed by atoms with Gasteiger partial charge in [-0.2, -0.15) is 0 Å². The molecule has 2 rings (SSSR count). The SMILES string of the molecule is O=[N+]([O-])c1cccnc1N[C@@H](CCO)c1cccs1. The van der Waals surface area contributed by atoms with Gasteiger partial charge in [0.15, 0.2) is 0 Å². The summed E-state index contributed by atoms with van der Waals surface area (Å²) < 4.78 is 0. The van der Waals surface area contributed by atoms with Crippen LogP contribution in [0.3, 0.4) is 0 Å². The third-order valence-corrected chi connectivity index (χ3v) is 3.58. The Morgan fingerprint density at radius 2 is 2.32 bits per heavy atom. The molecule has 2 aromatic rings. The van der Waals surface area contributed by atoms with Crippen LogP contribution in [-0.4, -0.2) is 21.6 Å². The first-order valence-corrected chi connectivity index (χ1v) is 6.60. The lowest BCUT2D eigenvalue weighted by molar-refractivity contribution is -0.384. The van der Waals surface area contributed by atoms with Crippen molar-refractivity contribution >= 4 is 22.8 Å². The highest BCUT2D eigenvalue weighted by Gasteiger charge is 2.19. The summed E-state index contributed by atoms with van der Waals surface area (Å²) in [6.07, 6.45) is 1.97. The number of nitro groups is 1. The van der Waals surface area contributed by atoms with Crippen LogP contribution < -0.4 is 5.32 Å². The second kappa shape index (κ2) is 6.26. The van der Waals surface area contributed by atoms with E-state index in [1.807, 2.05) is 17.5 Å². The standard InChI is InChI=1S/C12H13N3O3S/c16-7-5-9(11-4-2-8-19-11)14-12-10(15(17)18)3-1-6-13-12/h1-4,6,8-9,16H,5,7H2,(H,13,14)/t9-/m0/s1. The molecule has 0 aliphatic heterocycles. The number of nitrogens with zero attached hydrogens (tertiary/aromatic N) is 2. The molecule has 0 saturated carbocycles. The molecule has 0 spiro atoms. The minimum atomic E-state index is -0.472. The van der Waals surface area contributed by atoms with Crippen molar-refractivity contribution in [3.63, 3.8) is 0 Å². The average Bonchev–Trinajstić information content (AvgIpc) is 2.92. The second-order valence-corrected chi connectivity index (χ2v) is 4.83. The molecule has 0 aliphatic rings. The van der Waals surface area contributed by atoms with Crippen molar-refractivity contribution in [3.05, 3.63) is 50.8 Å². The molecule has 2 aromatic heterocycles. The summed E-state index contributed by atoms with van der Waals surface area (Å²) in [5, 5.41) is 25.0. The number of aromatic nitrogens is 1. The molecule has 0 radical (unpaired) electrons. The first-order valence-electron chi connectivity index (χ1n) is 5.72. The number of aliphatic hydroxyl groups excluding tert-OH is 1. The third-order valence-electron chi connectivity index (χ3n) is 2.60. The molecular weight excluding hydrogens is 266 g/mol. The molecule has 2 heterocycles. The number of aliphatic hydroxyl groups is 1. The number of anilines is 1. The average molecular weight is 279 g/mol. The maximum atomic E-state index is 10.9. The third kappa shape index (κ3) is 3.27. The lowest BCUT2D eigenvalue weighted by Crippen LogP contribution is -2.13. The summed E-state index contributed by atoms with van der Waals surface area (Å²) in [4.78, 5) is 15.5. The topological polar surface area (TPSA) is 88.3 Å². The summed E-state index contributed by atoms with van der Waals surface area (Å²) in [6.45, 7) is -0.00377. The zero-order valence-corrected chi connectivity index (χ0v) is 10.8. The monoisotopic (exact) mass is 279 g/mol. The van der Waals surface area contributed by atoms with Gasteiger partial charge in [-0.3, -0.25) is 10.1 Å². The van der Waals surface area contributed by atoms with Gasteiger partial charge in [-0.1, -0.05) is 6.07 Å². The van der Waals surface area contributed by atoms with Crippen molar-refractivity contribution in [1.29, 1.82) is 0 Å². The van der Waals surface area contributed by atoms with Gasteiger partial charge in [-0.05, 0) is 23.9 Å². The van der Waals surface area contributed by atoms with E-state index in [-0.39, 0.29) is 24.2 Å². The van der Waals surface area contributed by atoms with Crippen molar-refractivity contribution in [2.75, 3.05) is 11.9 Å². The van der Waals surface area contributed by atoms with Crippen LogP contribution in [0.25, 0.3) is 0 Å². The maximum Gasteiger partial charge on any atom is 0.311 e. The maximum absolute atomic E-state index is 10.9. The zero-order chi connectivity index (χ0) is 13.7. The number of pyridine rings is 1. The number of hydrogen-bond acceptors (Lipinski definition) is 6. The number of rotatable bonds is 6. The normalized spacial score (nSPS) is 12.1. The molecule has 2 N–H and O–H groups in total. The second-order valence-electron chi connectivity index (χ2n) is 3.85. The van der Waals surface area contributed by atoms with Crippen LogP contribution in [0.1, 0.15) is 17.3 Å². The molecule has 0 bridgehead atoms. The Morgan fingerprint density at radius 3 is 2.95 bits per heavy atom. The molecular formula is C12H13N3O3S. The molecule has 0 unspecified atom stereocenters. The molecule has 6 nitrogen and oxygen atoms in total. The summed E-state index contributed by atoms with van der Waals surface area (Å²) in [5.74, 6) is 0.222. The van der Waals surface area contributed by atoms with Gasteiger partial charge in [0.05, 0.1) is 11.0 Å². The zero-order valence-electron chi connectivity index (χ0n) is 10.0. The Hall–Kier alpha value is -1.99. The van der Waals surface area contributed by atoms with Crippen molar-refractivity contribution in [3.8, 4) is 0 Å². The first kappa shape index (κ1) is 13.4. The van der Waals surface area contributed by atoms with Crippen LogP contribution in [0.5, 0.6) is 0 Å². The molecule has 7 heteroatoms. The molecule has 0 aromatic carbocycles. The lowest BCUT2D eigenvalue weighted by Gasteiger charge is -2.16. The molecule has 0 amide bonds. The summed E-state index contributed by atoms with van der Waals surface area (Å²) in [6, 6.07) is 6.57. The summed E-state index contributed by atoms with van der Waals surface area (Å²) in [5.41, 5.74) is -0.0676. The van der Waals surface area contributed by atoms with Gasteiger partial charge in [0.1, 0.15) is 0 Å². The highest BCUT2D eigenvalue weighted by atomic mass is 32.1. The smallest absolute Gasteiger partial charge is 0.311 e. The Labute approximate surface area is 113 Å². The lowest BCUT2D eigenvalue weighted by atomic mass is 10.1. The Morgan fingerprint density at radius 1 is 1.47 bits per heavy atom. The van der Waals surface area contributed by atoms with Crippen LogP contribution >= 0.6 is 11.3 Å². The van der Waals surface area contributed by atoms with E-state index in [1.54, 1.807) is 0 Å². The van der Waals surface area contributed by atoms with E-state index < -0.39 is 4.92 Å². The van der Waals surface area contributed by atoms with Crippen LogP contribution in [0.15, 0.2) is 35.8 Å². The van der Waals surface area contributed by atoms with Gasteiger partial charge in [0, 0.05) is 23.7 Å². The predicted molar refractivity (Wildman–Crippen MR) is 73.3 cm³/mol. The van der Waals surface area contributed by atoms with E-state index in [0.717, 1.165) is 4.88 Å². The van der Waals surface area contributed by atoms with Crippen LogP contribution in [-0.2, 0) is 0 Å². The van der Waals surface area contributed by atoms with Crippen molar-refractivity contribution in [2.24, 2.45) is 0 Å². The largest absolute Gasteiger partial charge is 0.396 e. The predicted octanol–water partition coefficient (Wildman–Crippen LogP) is 2.59. The van der Waals surface area contributed by atoms with E-state index in [1.165, 1.54) is 29.7 Å². The summed E-state index contributed by atoms with van der Waals surface area (Å²) in [7, 11) is 0. The Kier molecular flexibility index (Phi) is 4.43. The molecule has 0 fully saturated rings. The van der Waals surface area contributed by atoms with E-state index in [4.69, 9.17) is 5.11 Å². The van der Waals surface area contributed by atoms with Gasteiger partial charge < -0.3 is 10.4 Å². The molecule has 100 valence electrons. The molecule has 19 heavy (non-hydrogen) atoms. The van der Waals surface area contributed by atoms with Crippen LogP contribution in [0.4, 0.5) is 11.5 Å². The van der Waals surface area contributed by atoms with Gasteiger partial charge in [-0.15, -0.1) is 11.3 Å². The van der Waals surface area contributed by atoms with Crippen LogP contribution in [0.2, 0.25) is 0 Å². The van der Waals surface area contributed by atoms with E-state index in [9.17, 15) is 10.1 Å². The highest BCUT2D eigenvalue weighted by Crippen LogP contribution is 2.29. The van der Waals surface area contributed by atoms with Crippen molar-refractivity contribution in [2.45, 2.75) is 12.5 Å². The molecule has 0 saturated heterocycles. The number of nitrogens with one attached hydrogen (secondary N) is 1. The van der Waals surface area contributed by atoms with E-state index in [2.05, 4.69) is 10.3 Å². The van der Waals surface area contributed by atoms with Gasteiger partial charge in [-0.25, -0.2) is 4.98 Å². The van der Waals surface area contributed by atoms with Gasteiger partial charge >= 0.3 is 5.69 Å². The number of thiophene rings is 1. The van der Waals surface area contributed by atoms with Gasteiger partial charge in [0.25, 0.3) is 0 Å². The first-order chi connectivity index (χ1) is 9.22. The highest BCUT2D eigenvalue weighted by molar-refractivity contribution is 7.10. The minimum absolute atomic E-state index is 0.00377. The Balaban J connectivity index is 2.25. The van der Waals surface area contributed by atoms with E-state index >= 15 is 0 Å². The van der Waals surface area contributed by atoms with Crippen LogP contribution in [0, 0.1) is 10.1 Å². The number of hydrogen-bond donors (Lipinski definition) is 2. The van der Waals surface area contributed by atoms with Crippen molar-refractivity contribution < 1.29 is 10.0 Å². The Bertz CT molecular complexity index is 545. The molecule has 0 aliphatic carbocycles. The fourth-order valence-corrected chi connectivity index (χ4v) is 2.54. The fraction of sp³-hybridized carbons (Fsp3) is 0.250. The molecule has 1 atom stereocenters. The van der Waals surface area contributed by atoms with Gasteiger partial charge in [0.2, 0.25) is 5.82 Å². The fourth-order valence-electron chi connectivity index (χ4n) is 1.72. The van der Waals surface area contributed by atoms with E-state index in [0.29, 0.717) is 6.42 Å². The summed E-state index contributed by atoms with van der Waals surface area (Å²) >= 11 is 1.53. The quantitative estimate of drug-likeness (QED) is 0.626. The van der Waals surface area contributed by atoms with Crippen molar-refractivity contribution in [1.82, 2.24) is 4.98 Å².